The van der Waals surface area contributed by atoms with E-state index in [2.05, 4.69) is 10.1 Å². The summed E-state index contributed by atoms with van der Waals surface area (Å²) in [6.45, 7) is 4.82. The Morgan fingerprint density at radius 3 is 2.74 bits per heavy atom. The summed E-state index contributed by atoms with van der Waals surface area (Å²) in [5, 5.41) is 3.14. The van der Waals surface area contributed by atoms with Crippen molar-refractivity contribution in [3.63, 3.8) is 0 Å². The van der Waals surface area contributed by atoms with Crippen molar-refractivity contribution in [1.29, 1.82) is 0 Å². The number of hydrogen-bond donors (Lipinski definition) is 1. The number of morpholine rings is 1. The third kappa shape index (κ3) is 2.78. The van der Waals surface area contributed by atoms with Gasteiger partial charge >= 0.3 is 0 Å². The van der Waals surface area contributed by atoms with Crippen molar-refractivity contribution in [3.05, 3.63) is 39.9 Å². The van der Waals surface area contributed by atoms with Gasteiger partial charge in [0, 0.05) is 19.0 Å². The summed E-state index contributed by atoms with van der Waals surface area (Å²) in [5.41, 5.74) is 7.58. The molecule has 1 aliphatic heterocycles. The molecule has 0 aromatic heterocycles. The number of nitrogens with two attached hydrogens (primary N) is 1. The molecule has 0 aromatic carbocycles. The first kappa shape index (κ1) is 13.6. The molecule has 0 spiro atoms. The second kappa shape index (κ2) is 5.88. The molecule has 1 fully saturated rings. The number of rotatable bonds is 3. The van der Waals surface area contributed by atoms with Crippen LogP contribution in [-0.4, -0.2) is 38.3 Å². The second-order valence-corrected chi connectivity index (χ2v) is 4.58. The minimum Gasteiger partial charge on any atom is -0.495 e. The van der Waals surface area contributed by atoms with E-state index in [1.54, 1.807) is 13.2 Å². The van der Waals surface area contributed by atoms with Crippen molar-refractivity contribution in [2.75, 3.05) is 33.4 Å². The maximum absolute atomic E-state index is 11.1. The summed E-state index contributed by atoms with van der Waals surface area (Å²) >= 11 is 0. The normalized spacial score (nSPS) is 24.5. The minimum atomic E-state index is 0.0121. The molecule has 0 amide bonds. The van der Waals surface area contributed by atoms with E-state index in [1.807, 2.05) is 13.0 Å². The van der Waals surface area contributed by atoms with Crippen molar-refractivity contribution < 1.29 is 9.47 Å². The van der Waals surface area contributed by atoms with Crippen LogP contribution in [0.2, 0.25) is 0 Å². The van der Waals surface area contributed by atoms with Crippen LogP contribution < -0.4 is 5.73 Å². The van der Waals surface area contributed by atoms with Crippen molar-refractivity contribution >= 4 is 0 Å². The highest BCUT2D eigenvalue weighted by atomic mass is 16.5. The predicted octanol–water partition coefficient (Wildman–Crippen LogP) is 1.32. The maximum Gasteiger partial charge on any atom is 0.138 e. The first-order valence-corrected chi connectivity index (χ1v) is 6.31. The fourth-order valence-corrected chi connectivity index (χ4v) is 2.44. The van der Waals surface area contributed by atoms with Gasteiger partial charge in [-0.1, -0.05) is 6.92 Å². The highest BCUT2D eigenvalue weighted by Gasteiger charge is 2.25. The second-order valence-electron chi connectivity index (χ2n) is 4.58. The van der Waals surface area contributed by atoms with E-state index in [9.17, 15) is 4.91 Å². The van der Waals surface area contributed by atoms with Crippen molar-refractivity contribution in [2.45, 2.75) is 6.92 Å². The third-order valence-corrected chi connectivity index (χ3v) is 3.34. The average molecular weight is 265 g/mol. The van der Waals surface area contributed by atoms with Gasteiger partial charge in [0.2, 0.25) is 0 Å². The molecule has 0 radical (unpaired) electrons. The zero-order valence-electron chi connectivity index (χ0n) is 11.3. The van der Waals surface area contributed by atoms with Gasteiger partial charge in [0.15, 0.2) is 0 Å². The number of allylic oxidation sites excluding steroid dienone is 2. The Bertz CT molecular complexity index is 448. The van der Waals surface area contributed by atoms with E-state index >= 15 is 0 Å². The van der Waals surface area contributed by atoms with Crippen LogP contribution in [-0.2, 0) is 9.47 Å². The van der Waals surface area contributed by atoms with Crippen LogP contribution in [0.15, 0.2) is 40.2 Å². The summed E-state index contributed by atoms with van der Waals surface area (Å²) < 4.78 is 10.6. The summed E-state index contributed by atoms with van der Waals surface area (Å²) in [7, 11) is 1.56. The Labute approximate surface area is 112 Å². The van der Waals surface area contributed by atoms with Crippen molar-refractivity contribution in [1.82, 2.24) is 4.90 Å². The highest BCUT2D eigenvalue weighted by molar-refractivity contribution is 5.40. The van der Waals surface area contributed by atoms with Gasteiger partial charge in [-0.15, -0.1) is 4.91 Å². The first-order chi connectivity index (χ1) is 9.17. The molecule has 19 heavy (non-hydrogen) atoms. The highest BCUT2D eigenvalue weighted by Crippen LogP contribution is 2.29. The van der Waals surface area contributed by atoms with Gasteiger partial charge in [-0.05, 0) is 17.3 Å². The molecule has 0 saturated carbocycles. The topological polar surface area (TPSA) is 77.2 Å². The zero-order valence-corrected chi connectivity index (χ0v) is 11.3. The number of nitroso groups, excluding NO2 is 1. The molecule has 1 saturated heterocycles. The van der Waals surface area contributed by atoms with E-state index in [4.69, 9.17) is 15.2 Å². The van der Waals surface area contributed by atoms with Gasteiger partial charge in [-0.25, -0.2) is 0 Å². The summed E-state index contributed by atoms with van der Waals surface area (Å²) in [4.78, 5) is 13.3. The molecule has 6 nitrogen and oxygen atoms in total. The summed E-state index contributed by atoms with van der Waals surface area (Å²) in [5.74, 6) is 0.593. The molecule has 1 atom stereocenters. The predicted molar refractivity (Wildman–Crippen MR) is 71.7 cm³/mol. The fraction of sp³-hybridized carbons (Fsp3) is 0.538. The molecule has 6 heteroatoms. The van der Waals surface area contributed by atoms with Gasteiger partial charge in [-0.2, -0.15) is 0 Å². The lowest BCUT2D eigenvalue weighted by Crippen LogP contribution is -2.37. The fourth-order valence-electron chi connectivity index (χ4n) is 2.44. The summed E-state index contributed by atoms with van der Waals surface area (Å²) in [6.07, 6.45) is 3.49. The lowest BCUT2D eigenvalue weighted by Gasteiger charge is -2.33. The number of nitrogens with zero attached hydrogens (tertiary/aromatic N) is 2. The molecule has 104 valence electrons. The molecule has 0 aromatic rings. The standard InChI is InChI=1S/C13H19N3O3/c1-9-7-12(18-2)10(14)8-11(15-17)13(9)16-3-5-19-6-4-16/h7-9H,3-6,14H2,1-2H3/t9-/m0/s1. The Morgan fingerprint density at radius 1 is 1.47 bits per heavy atom. The van der Waals surface area contributed by atoms with E-state index in [0.29, 0.717) is 30.4 Å². The maximum atomic E-state index is 11.1. The molecular weight excluding hydrogens is 246 g/mol. The molecule has 0 unspecified atom stereocenters. The van der Waals surface area contributed by atoms with Crippen LogP contribution in [0.4, 0.5) is 0 Å². The summed E-state index contributed by atoms with van der Waals surface area (Å²) in [6, 6.07) is 0. The smallest absolute Gasteiger partial charge is 0.138 e. The first-order valence-electron chi connectivity index (χ1n) is 6.31. The third-order valence-electron chi connectivity index (χ3n) is 3.34. The van der Waals surface area contributed by atoms with Gasteiger partial charge in [0.1, 0.15) is 11.5 Å². The van der Waals surface area contributed by atoms with Gasteiger partial charge in [0.05, 0.1) is 31.7 Å². The molecule has 2 aliphatic rings. The van der Waals surface area contributed by atoms with Crippen molar-refractivity contribution in [2.24, 2.45) is 16.8 Å². The van der Waals surface area contributed by atoms with Crippen LogP contribution in [0.3, 0.4) is 0 Å². The van der Waals surface area contributed by atoms with Crippen LogP contribution in [0, 0.1) is 10.8 Å². The van der Waals surface area contributed by atoms with E-state index in [1.165, 1.54) is 0 Å². The quantitative estimate of drug-likeness (QED) is 0.779. The lowest BCUT2D eigenvalue weighted by atomic mass is 10.0. The minimum absolute atomic E-state index is 0.0121. The molecule has 1 aliphatic carbocycles. The van der Waals surface area contributed by atoms with E-state index in [-0.39, 0.29) is 5.92 Å². The Hall–Kier alpha value is -1.82. The number of hydrogen-bond acceptors (Lipinski definition) is 6. The van der Waals surface area contributed by atoms with Crippen LogP contribution in [0.1, 0.15) is 6.92 Å². The number of methoxy groups -OCH3 is 1. The Kier molecular flexibility index (Phi) is 4.21. The van der Waals surface area contributed by atoms with Gasteiger partial charge < -0.3 is 20.1 Å². The monoisotopic (exact) mass is 265 g/mol. The largest absolute Gasteiger partial charge is 0.495 e. The van der Waals surface area contributed by atoms with Crippen LogP contribution >= 0.6 is 0 Å². The van der Waals surface area contributed by atoms with Crippen molar-refractivity contribution in [3.8, 4) is 0 Å². The van der Waals surface area contributed by atoms with E-state index < -0.39 is 0 Å². The van der Waals surface area contributed by atoms with E-state index in [0.717, 1.165) is 18.8 Å². The van der Waals surface area contributed by atoms with Crippen LogP contribution in [0.25, 0.3) is 0 Å². The SMILES string of the molecule is COC1=C[C@H](C)C(N2CCOCC2)=C(N=O)C=C1N. The number of ether oxygens (including phenoxy) is 2. The lowest BCUT2D eigenvalue weighted by molar-refractivity contribution is 0.0498. The molecule has 2 rings (SSSR count). The molecule has 0 bridgehead atoms. The Morgan fingerprint density at radius 2 is 2.16 bits per heavy atom. The molecule has 1 heterocycles. The molecular formula is C13H19N3O3. The van der Waals surface area contributed by atoms with Gasteiger partial charge in [0.25, 0.3) is 0 Å². The van der Waals surface area contributed by atoms with Crippen LogP contribution in [0.5, 0.6) is 0 Å². The average Bonchev–Trinajstić information content (AvgIpc) is 2.56. The Balaban J connectivity index is 2.41. The zero-order chi connectivity index (χ0) is 13.8. The van der Waals surface area contributed by atoms with Gasteiger partial charge in [-0.3, -0.25) is 0 Å². The molecule has 2 N–H and O–H groups in total.